The van der Waals surface area contributed by atoms with Gasteiger partial charge in [0.1, 0.15) is 16.6 Å². The highest BCUT2D eigenvalue weighted by Crippen LogP contribution is 2.35. The second-order valence-electron chi connectivity index (χ2n) is 2.99. The van der Waals surface area contributed by atoms with Gasteiger partial charge in [-0.3, -0.25) is 4.79 Å². The number of nitrogens with zero attached hydrogens (tertiary/aromatic N) is 1. The summed E-state index contributed by atoms with van der Waals surface area (Å²) in [4.78, 5) is 11.3. The highest BCUT2D eigenvalue weighted by Gasteiger charge is 2.19. The van der Waals surface area contributed by atoms with Gasteiger partial charge in [-0.25, -0.2) is 8.78 Å². The van der Waals surface area contributed by atoms with Crippen molar-refractivity contribution in [1.29, 1.82) is 5.26 Å². The molecule has 4 nitrogen and oxygen atoms in total. The first-order valence-electron chi connectivity index (χ1n) is 4.32. The number of Topliss-reactive ketones (excluding diaryl/α,β-unsaturated/α-hetero) is 1. The van der Waals surface area contributed by atoms with Gasteiger partial charge in [0, 0.05) is 6.92 Å². The Kier molecular flexibility index (Phi) is 3.79. The van der Waals surface area contributed by atoms with Crippen LogP contribution in [0.25, 0.3) is 0 Å². The van der Waals surface area contributed by atoms with Crippen LogP contribution < -0.4 is 11.1 Å². The highest BCUT2D eigenvalue weighted by molar-refractivity contribution is 7.18. The number of carbonyl (C=O) groups is 1. The molecule has 1 rings (SSSR count). The fourth-order valence-corrected chi connectivity index (χ4v) is 2.08. The van der Waals surface area contributed by atoms with Crippen LogP contribution in [0.5, 0.6) is 0 Å². The highest BCUT2D eigenvalue weighted by atomic mass is 32.1. The number of nitriles is 1. The van der Waals surface area contributed by atoms with Crippen LogP contribution in [0.15, 0.2) is 0 Å². The van der Waals surface area contributed by atoms with Crippen molar-refractivity contribution in [3.8, 4) is 6.07 Å². The number of nitrogens with two attached hydrogens (primary N) is 1. The zero-order chi connectivity index (χ0) is 12.3. The van der Waals surface area contributed by atoms with Gasteiger partial charge in [0.05, 0.1) is 17.1 Å². The summed E-state index contributed by atoms with van der Waals surface area (Å²) in [6, 6.07) is 1.79. The van der Waals surface area contributed by atoms with Gasteiger partial charge < -0.3 is 11.1 Å². The lowest BCUT2D eigenvalue weighted by Crippen LogP contribution is -2.09. The van der Waals surface area contributed by atoms with E-state index in [0.29, 0.717) is 0 Å². The zero-order valence-corrected chi connectivity index (χ0v) is 9.20. The van der Waals surface area contributed by atoms with Crippen molar-refractivity contribution in [3.63, 3.8) is 0 Å². The Morgan fingerprint density at radius 3 is 2.75 bits per heavy atom. The molecule has 1 aromatic heterocycles. The van der Waals surface area contributed by atoms with Crippen molar-refractivity contribution < 1.29 is 13.6 Å². The molecule has 0 bridgehead atoms. The molecule has 0 spiro atoms. The molecule has 0 aromatic carbocycles. The maximum Gasteiger partial charge on any atom is 0.255 e. The van der Waals surface area contributed by atoms with Gasteiger partial charge in [-0.05, 0) is 0 Å². The van der Waals surface area contributed by atoms with E-state index >= 15 is 0 Å². The van der Waals surface area contributed by atoms with Gasteiger partial charge in [0.25, 0.3) is 6.43 Å². The minimum Gasteiger partial charge on any atom is -0.396 e. The van der Waals surface area contributed by atoms with E-state index in [-0.39, 0.29) is 26.9 Å². The summed E-state index contributed by atoms with van der Waals surface area (Å²) in [6.07, 6.45) is -2.53. The predicted octanol–water partition coefficient (Wildman–Crippen LogP) is 2.08. The summed E-state index contributed by atoms with van der Waals surface area (Å²) in [6.45, 7) is 0.728. The Hall–Kier alpha value is -1.68. The molecule has 3 N–H and O–H groups in total. The van der Waals surface area contributed by atoms with E-state index in [4.69, 9.17) is 11.0 Å². The van der Waals surface area contributed by atoms with Crippen molar-refractivity contribution >= 4 is 27.8 Å². The molecule has 0 atom stereocenters. The summed E-state index contributed by atoms with van der Waals surface area (Å²) in [5, 5.41) is 11.4. The average Bonchev–Trinajstić information content (AvgIpc) is 2.51. The molecular formula is C9H9F2N3OS. The molecule has 0 aliphatic heterocycles. The van der Waals surface area contributed by atoms with Crippen LogP contribution >= 0.6 is 11.3 Å². The van der Waals surface area contributed by atoms with Crippen molar-refractivity contribution in [2.45, 2.75) is 13.3 Å². The predicted molar refractivity (Wildman–Crippen MR) is 57.9 cm³/mol. The molecular weight excluding hydrogens is 236 g/mol. The first-order valence-corrected chi connectivity index (χ1v) is 5.14. The SMILES string of the molecule is CC(=O)c1sc(NCC(F)F)c(C#N)c1N. The smallest absolute Gasteiger partial charge is 0.255 e. The fraction of sp³-hybridized carbons (Fsp3) is 0.333. The number of rotatable bonds is 4. The van der Waals surface area contributed by atoms with E-state index in [0.717, 1.165) is 11.3 Å². The number of halogens is 2. The van der Waals surface area contributed by atoms with Crippen LogP contribution in [-0.2, 0) is 0 Å². The Balaban J connectivity index is 3.05. The lowest BCUT2D eigenvalue weighted by molar-refractivity contribution is 0.102. The molecule has 7 heteroatoms. The molecule has 0 aliphatic rings. The van der Waals surface area contributed by atoms with Gasteiger partial charge in [0.15, 0.2) is 5.78 Å². The van der Waals surface area contributed by atoms with E-state index in [9.17, 15) is 13.6 Å². The first-order chi connectivity index (χ1) is 7.47. The number of ketones is 1. The molecule has 0 unspecified atom stereocenters. The number of nitrogen functional groups attached to an aromatic ring is 1. The molecule has 0 amide bonds. The van der Waals surface area contributed by atoms with Gasteiger partial charge >= 0.3 is 0 Å². The van der Waals surface area contributed by atoms with E-state index in [1.54, 1.807) is 6.07 Å². The van der Waals surface area contributed by atoms with E-state index in [1.807, 2.05) is 0 Å². The van der Waals surface area contributed by atoms with Crippen molar-refractivity contribution in [2.24, 2.45) is 0 Å². The molecule has 0 radical (unpaired) electrons. The number of nitrogens with one attached hydrogen (secondary N) is 1. The second-order valence-corrected chi connectivity index (χ2v) is 4.01. The van der Waals surface area contributed by atoms with Crippen LogP contribution in [0.4, 0.5) is 19.5 Å². The van der Waals surface area contributed by atoms with E-state index in [1.165, 1.54) is 6.92 Å². The van der Waals surface area contributed by atoms with Crippen LogP contribution in [-0.4, -0.2) is 18.8 Å². The molecule has 1 heterocycles. The Morgan fingerprint density at radius 2 is 2.31 bits per heavy atom. The molecule has 0 aliphatic carbocycles. The molecule has 86 valence electrons. The quantitative estimate of drug-likeness (QED) is 0.796. The number of thiophene rings is 1. The second kappa shape index (κ2) is 4.90. The van der Waals surface area contributed by atoms with Gasteiger partial charge in [-0.15, -0.1) is 11.3 Å². The summed E-state index contributed by atoms with van der Waals surface area (Å²) in [7, 11) is 0. The van der Waals surface area contributed by atoms with Gasteiger partial charge in [0.2, 0.25) is 0 Å². The van der Waals surface area contributed by atoms with Crippen LogP contribution in [0.3, 0.4) is 0 Å². The van der Waals surface area contributed by atoms with Crippen LogP contribution in [0.1, 0.15) is 22.2 Å². The number of carbonyl (C=O) groups excluding carboxylic acids is 1. The van der Waals surface area contributed by atoms with E-state index in [2.05, 4.69) is 5.32 Å². The largest absolute Gasteiger partial charge is 0.396 e. The number of anilines is 2. The van der Waals surface area contributed by atoms with Crippen molar-refractivity contribution in [2.75, 3.05) is 17.6 Å². The summed E-state index contributed by atoms with van der Waals surface area (Å²) < 4.78 is 24.0. The van der Waals surface area contributed by atoms with Crippen molar-refractivity contribution in [1.82, 2.24) is 0 Å². The third kappa shape index (κ3) is 2.46. The maximum absolute atomic E-state index is 12.0. The van der Waals surface area contributed by atoms with Crippen LogP contribution in [0.2, 0.25) is 0 Å². The minimum atomic E-state index is -2.53. The monoisotopic (exact) mass is 245 g/mol. The van der Waals surface area contributed by atoms with Crippen LogP contribution in [0, 0.1) is 11.3 Å². The van der Waals surface area contributed by atoms with Gasteiger partial charge in [-0.2, -0.15) is 5.26 Å². The molecule has 1 aromatic rings. The summed E-state index contributed by atoms with van der Waals surface area (Å²) in [5.74, 6) is -0.288. The number of hydrogen-bond donors (Lipinski definition) is 2. The molecule has 0 fully saturated rings. The Morgan fingerprint density at radius 1 is 1.69 bits per heavy atom. The first kappa shape index (κ1) is 12.4. The average molecular weight is 245 g/mol. The Bertz CT molecular complexity index is 450. The fourth-order valence-electron chi connectivity index (χ4n) is 1.11. The number of hydrogen-bond acceptors (Lipinski definition) is 5. The third-order valence-electron chi connectivity index (χ3n) is 1.79. The molecule has 0 saturated heterocycles. The van der Waals surface area contributed by atoms with Gasteiger partial charge in [-0.1, -0.05) is 0 Å². The summed E-state index contributed by atoms with van der Waals surface area (Å²) >= 11 is 0.919. The molecule has 0 saturated carbocycles. The maximum atomic E-state index is 12.0. The van der Waals surface area contributed by atoms with Crippen molar-refractivity contribution in [3.05, 3.63) is 10.4 Å². The lowest BCUT2D eigenvalue weighted by Gasteiger charge is -2.01. The minimum absolute atomic E-state index is 0.0517. The number of alkyl halides is 2. The standard InChI is InChI=1S/C9H9F2N3OS/c1-4(15)8-7(13)5(2-12)9(16-8)14-3-6(10)11/h6,14H,3,13H2,1H3. The van der Waals surface area contributed by atoms with E-state index < -0.39 is 13.0 Å². The normalized spacial score (nSPS) is 10.2. The lowest BCUT2D eigenvalue weighted by atomic mass is 10.2. The molecule has 16 heavy (non-hydrogen) atoms. The summed E-state index contributed by atoms with van der Waals surface area (Å²) in [5.41, 5.74) is 5.67. The Labute approximate surface area is 94.7 Å². The third-order valence-corrected chi connectivity index (χ3v) is 3.06. The topological polar surface area (TPSA) is 78.9 Å². The zero-order valence-electron chi connectivity index (χ0n) is 8.38.